The fraction of sp³-hybridized carbons (Fsp3) is 0.375. The minimum absolute atomic E-state index is 0.240. The van der Waals surface area contributed by atoms with Crippen molar-refractivity contribution in [1.82, 2.24) is 5.32 Å². The summed E-state index contributed by atoms with van der Waals surface area (Å²) in [6, 6.07) is 7.94. The number of hydrogen-bond donors (Lipinski definition) is 4. The number of rotatable bonds is 9. The first kappa shape index (κ1) is 30.6. The van der Waals surface area contributed by atoms with Crippen LogP contribution in [0.3, 0.4) is 0 Å². The average Bonchev–Trinajstić information content (AvgIpc) is 2.79. The number of carbonyl (C=O) groups is 1. The molecule has 0 aliphatic heterocycles. The van der Waals surface area contributed by atoms with Crippen LogP contribution in [0.1, 0.15) is 60.6 Å². The van der Waals surface area contributed by atoms with Crippen molar-refractivity contribution in [3.05, 3.63) is 77.4 Å². The van der Waals surface area contributed by atoms with Gasteiger partial charge in [-0.1, -0.05) is 75.8 Å². The van der Waals surface area contributed by atoms with Gasteiger partial charge in [-0.3, -0.25) is 4.79 Å². The van der Waals surface area contributed by atoms with Crippen LogP contribution in [-0.4, -0.2) is 29.3 Å². The summed E-state index contributed by atoms with van der Waals surface area (Å²) in [5.74, 6) is -0.0253. The highest BCUT2D eigenvalue weighted by Gasteiger charge is 2.65. The van der Waals surface area contributed by atoms with E-state index in [9.17, 15) is 34.4 Å². The molecule has 0 fully saturated rings. The zero-order valence-corrected chi connectivity index (χ0v) is 20.7. The molecule has 0 radical (unpaired) electrons. The van der Waals surface area contributed by atoms with Crippen molar-refractivity contribution in [2.75, 3.05) is 13.2 Å². The van der Waals surface area contributed by atoms with Crippen LogP contribution < -0.4 is 11.1 Å². The van der Waals surface area contributed by atoms with Gasteiger partial charge >= 0.3 is 10.2 Å². The molecular weight excluding hydrogens is 491 g/mol. The molecule has 0 heterocycles. The third kappa shape index (κ3) is 9.25. The summed E-state index contributed by atoms with van der Waals surface area (Å²) >= 11 is 0. The molecule has 35 heavy (non-hydrogen) atoms. The second-order valence-electron chi connectivity index (χ2n) is 8.20. The predicted octanol–water partition coefficient (Wildman–Crippen LogP) is 6.18. The molecule has 1 amide bonds. The maximum Gasteiger partial charge on any atom is 0.310 e. The normalized spacial score (nSPS) is 16.0. The Balaban J connectivity index is 0.000000400. The zero-order chi connectivity index (χ0) is 27.1. The molecule has 0 aliphatic rings. The maximum atomic E-state index is 12.1. The van der Waals surface area contributed by atoms with E-state index in [0.717, 1.165) is 29.7 Å². The lowest BCUT2D eigenvalue weighted by atomic mass is 9.85. The summed E-state index contributed by atoms with van der Waals surface area (Å²) in [7, 11) is -9.45. The molecule has 0 aliphatic carbocycles. The lowest BCUT2D eigenvalue weighted by Gasteiger charge is -2.40. The molecule has 2 aromatic carbocycles. The van der Waals surface area contributed by atoms with E-state index in [-0.39, 0.29) is 25.0 Å². The number of carbonyl (C=O) groups excluding carboxylic acids is 1. The van der Waals surface area contributed by atoms with Crippen molar-refractivity contribution in [2.24, 2.45) is 5.73 Å². The summed E-state index contributed by atoms with van der Waals surface area (Å²) in [5, 5.41) is 22.0. The number of halogens is 5. The molecule has 11 heteroatoms. The Kier molecular flexibility index (Phi) is 9.66. The van der Waals surface area contributed by atoms with Crippen LogP contribution in [0.5, 0.6) is 0 Å². The Morgan fingerprint density at radius 1 is 1.11 bits per heavy atom. The molecule has 3 atom stereocenters. The number of aryl methyl sites for hydroxylation is 1. The van der Waals surface area contributed by atoms with Crippen LogP contribution in [0.15, 0.2) is 60.0 Å². The largest absolute Gasteiger partial charge is 0.393 e. The Labute approximate surface area is 202 Å². The lowest BCUT2D eigenvalue weighted by Crippen LogP contribution is -2.32. The van der Waals surface area contributed by atoms with E-state index < -0.39 is 27.3 Å². The third-order valence-electron chi connectivity index (χ3n) is 5.37. The summed E-state index contributed by atoms with van der Waals surface area (Å²) < 4.78 is 60.4. The molecule has 0 saturated heterocycles. The molecule has 0 saturated carbocycles. The van der Waals surface area contributed by atoms with Gasteiger partial charge in [0.05, 0.1) is 6.61 Å². The molecule has 0 bridgehead atoms. The number of aliphatic hydroxyl groups is 2. The monoisotopic (exact) mass is 524 g/mol. The number of benzene rings is 2. The van der Waals surface area contributed by atoms with Gasteiger partial charge in [-0.05, 0) is 54.2 Å². The summed E-state index contributed by atoms with van der Waals surface area (Å²) in [6.07, 6.45) is 1.13. The van der Waals surface area contributed by atoms with Gasteiger partial charge in [-0.2, -0.15) is 0 Å². The van der Waals surface area contributed by atoms with Gasteiger partial charge in [0.2, 0.25) is 5.91 Å². The highest BCUT2D eigenvalue weighted by Crippen LogP contribution is 3.02. The number of nitrogens with two attached hydrogens (primary N) is 1. The quantitative estimate of drug-likeness (QED) is 0.233. The second kappa shape index (κ2) is 11.1. The topological polar surface area (TPSA) is 95.6 Å². The first-order chi connectivity index (χ1) is 15.9. The van der Waals surface area contributed by atoms with Gasteiger partial charge in [0.1, 0.15) is 11.0 Å². The summed E-state index contributed by atoms with van der Waals surface area (Å²) in [6.45, 7) is 8.96. The van der Waals surface area contributed by atoms with Crippen molar-refractivity contribution in [3.8, 4) is 0 Å². The zero-order valence-electron chi connectivity index (χ0n) is 19.9. The molecule has 2 rings (SSSR count). The van der Waals surface area contributed by atoms with Gasteiger partial charge in [-0.25, -0.2) is 0 Å². The van der Waals surface area contributed by atoms with E-state index in [1.165, 1.54) is 13.0 Å². The molecule has 0 aromatic heterocycles. The molecule has 2 aromatic rings. The SMILES string of the molecule is C=CC(=O)NCC(N)c1c(C(C)CC)cccc1C(O)CO.Cc1ccc(S(F)(F)(F)(F)F)cc1. The average molecular weight is 525 g/mol. The van der Waals surface area contributed by atoms with Crippen molar-refractivity contribution < 1.29 is 34.4 Å². The molecule has 5 N–H and O–H groups in total. The van der Waals surface area contributed by atoms with E-state index in [1.54, 1.807) is 6.07 Å². The van der Waals surface area contributed by atoms with Crippen LogP contribution in [0, 0.1) is 6.92 Å². The van der Waals surface area contributed by atoms with Gasteiger partial charge in [0.25, 0.3) is 0 Å². The Bertz CT molecular complexity index is 987. The van der Waals surface area contributed by atoms with Gasteiger partial charge in [0, 0.05) is 12.6 Å². The maximum absolute atomic E-state index is 12.1. The van der Waals surface area contributed by atoms with Gasteiger partial charge in [-0.15, -0.1) is 0 Å². The standard InChI is InChI=1S/C17H26N2O3.C7H7F5S/c1-4-11(3)12-7-6-8-13(15(21)10-20)17(12)14(18)9-19-16(22)5-2;1-6-2-4-7(5-3-6)13(8,9,10,11)12/h5-8,11,14-15,20-21H,2,4,9-10,18H2,1,3H3,(H,19,22);2-5H,1H3. The minimum Gasteiger partial charge on any atom is -0.393 e. The molecule has 3 unspecified atom stereocenters. The molecule has 198 valence electrons. The van der Waals surface area contributed by atoms with Crippen molar-refractivity contribution in [2.45, 2.75) is 50.2 Å². The first-order valence-corrected chi connectivity index (χ1v) is 12.8. The second-order valence-corrected chi connectivity index (χ2v) is 10.6. The van der Waals surface area contributed by atoms with Gasteiger partial charge < -0.3 is 21.3 Å². The highest BCUT2D eigenvalue weighted by molar-refractivity contribution is 8.45. The molecular formula is C24H33F5N2O3S. The van der Waals surface area contributed by atoms with Crippen LogP contribution in [-0.2, 0) is 4.79 Å². The van der Waals surface area contributed by atoms with E-state index in [0.29, 0.717) is 23.3 Å². The van der Waals surface area contributed by atoms with Crippen molar-refractivity contribution in [1.29, 1.82) is 0 Å². The number of aliphatic hydroxyl groups excluding tert-OH is 2. The fourth-order valence-electron chi connectivity index (χ4n) is 3.25. The number of hydrogen-bond acceptors (Lipinski definition) is 4. The fourth-order valence-corrected chi connectivity index (χ4v) is 3.90. The van der Waals surface area contributed by atoms with Crippen LogP contribution in [0.4, 0.5) is 19.4 Å². The lowest BCUT2D eigenvalue weighted by molar-refractivity contribution is -0.116. The number of amides is 1. The van der Waals surface area contributed by atoms with Crippen LogP contribution >= 0.6 is 10.2 Å². The first-order valence-electron chi connectivity index (χ1n) is 10.8. The van der Waals surface area contributed by atoms with Crippen molar-refractivity contribution >= 4 is 16.1 Å². The van der Waals surface area contributed by atoms with Crippen LogP contribution in [0.25, 0.3) is 0 Å². The summed E-state index contributed by atoms with van der Waals surface area (Å²) in [5.41, 5.74) is 9.19. The Hall–Kier alpha value is -2.47. The minimum atomic E-state index is -9.45. The smallest absolute Gasteiger partial charge is 0.310 e. The van der Waals surface area contributed by atoms with Crippen LogP contribution in [0.2, 0.25) is 0 Å². The predicted molar refractivity (Wildman–Crippen MR) is 130 cm³/mol. The van der Waals surface area contributed by atoms with E-state index in [4.69, 9.17) is 5.73 Å². The van der Waals surface area contributed by atoms with E-state index in [2.05, 4.69) is 25.7 Å². The Morgan fingerprint density at radius 3 is 2.11 bits per heavy atom. The van der Waals surface area contributed by atoms with Gasteiger partial charge in [0.15, 0.2) is 0 Å². The molecule has 0 spiro atoms. The van der Waals surface area contributed by atoms with E-state index in [1.807, 2.05) is 12.1 Å². The highest BCUT2D eigenvalue weighted by atomic mass is 32.5. The molecule has 5 nitrogen and oxygen atoms in total. The number of nitrogens with one attached hydrogen (secondary N) is 1. The van der Waals surface area contributed by atoms with E-state index >= 15 is 0 Å². The summed E-state index contributed by atoms with van der Waals surface area (Å²) in [4.78, 5) is 9.48. The Morgan fingerprint density at radius 2 is 1.66 bits per heavy atom. The van der Waals surface area contributed by atoms with Crippen molar-refractivity contribution in [3.63, 3.8) is 0 Å². The third-order valence-corrected chi connectivity index (χ3v) is 6.53.